The monoisotopic (exact) mass is 261 g/mol. The van der Waals surface area contributed by atoms with Crippen molar-refractivity contribution in [3.8, 4) is 0 Å². The lowest BCUT2D eigenvalue weighted by molar-refractivity contribution is 0.134. The molecular formula is C12H20ClNOS. The predicted molar refractivity (Wildman–Crippen MR) is 71.6 cm³/mol. The molecule has 16 heavy (non-hydrogen) atoms. The van der Waals surface area contributed by atoms with Gasteiger partial charge in [0.25, 0.3) is 0 Å². The van der Waals surface area contributed by atoms with Crippen LogP contribution in [0.3, 0.4) is 0 Å². The van der Waals surface area contributed by atoms with Gasteiger partial charge in [-0.2, -0.15) is 0 Å². The minimum atomic E-state index is 0.167. The first-order chi connectivity index (χ1) is 7.49. The Morgan fingerprint density at radius 3 is 2.69 bits per heavy atom. The Balaban J connectivity index is 2.03. The minimum absolute atomic E-state index is 0.167. The Morgan fingerprint density at radius 2 is 2.12 bits per heavy atom. The Hall–Kier alpha value is -0.0900. The molecule has 0 unspecified atom stereocenters. The molecule has 0 saturated carbocycles. The van der Waals surface area contributed by atoms with Crippen LogP contribution in [-0.2, 0) is 11.2 Å². The van der Waals surface area contributed by atoms with Crippen molar-refractivity contribution >= 4 is 22.9 Å². The molecule has 0 aliphatic carbocycles. The molecular weight excluding hydrogens is 242 g/mol. The molecule has 0 aromatic carbocycles. The van der Waals surface area contributed by atoms with Crippen molar-refractivity contribution in [2.75, 3.05) is 19.8 Å². The van der Waals surface area contributed by atoms with E-state index in [1.807, 2.05) is 11.4 Å². The van der Waals surface area contributed by atoms with Crippen molar-refractivity contribution in [1.82, 2.24) is 5.32 Å². The van der Waals surface area contributed by atoms with Crippen LogP contribution in [0.4, 0.5) is 0 Å². The van der Waals surface area contributed by atoms with E-state index in [-0.39, 0.29) is 5.54 Å². The normalized spacial score (nSPS) is 12.0. The molecule has 0 saturated heterocycles. The third-order valence-corrected chi connectivity index (χ3v) is 3.51. The molecule has 0 bridgehead atoms. The van der Waals surface area contributed by atoms with Crippen LogP contribution in [0.1, 0.15) is 25.6 Å². The summed E-state index contributed by atoms with van der Waals surface area (Å²) in [6.07, 6.45) is 0.909. The molecule has 0 radical (unpaired) electrons. The maximum Gasteiger partial charge on any atom is 0.0591 e. The first-order valence-electron chi connectivity index (χ1n) is 5.54. The van der Waals surface area contributed by atoms with Gasteiger partial charge in [0.2, 0.25) is 0 Å². The second-order valence-electron chi connectivity index (χ2n) is 4.73. The zero-order chi connectivity index (χ0) is 12.0. The largest absolute Gasteiger partial charge is 0.380 e. The van der Waals surface area contributed by atoms with Crippen LogP contribution in [0, 0.1) is 0 Å². The van der Waals surface area contributed by atoms with Crippen LogP contribution in [0.5, 0.6) is 0 Å². The zero-order valence-corrected chi connectivity index (χ0v) is 11.8. The van der Waals surface area contributed by atoms with Gasteiger partial charge in [-0.1, -0.05) is 11.6 Å². The molecule has 0 aliphatic rings. The number of nitrogens with one attached hydrogen (secondary N) is 1. The Kier molecular flexibility index (Phi) is 5.76. The van der Waals surface area contributed by atoms with Crippen molar-refractivity contribution in [2.45, 2.75) is 32.7 Å². The number of ether oxygens (including phenoxy) is 1. The molecule has 1 rings (SSSR count). The first-order valence-corrected chi connectivity index (χ1v) is 6.79. The molecule has 0 aliphatic heterocycles. The number of thiophene rings is 1. The second-order valence-corrected chi connectivity index (χ2v) is 6.14. The van der Waals surface area contributed by atoms with Crippen LogP contribution in [0.25, 0.3) is 0 Å². The average Bonchev–Trinajstić information content (AvgIpc) is 2.56. The third kappa shape index (κ3) is 5.85. The SMILES string of the molecule is CC(C)(C)NCCOCCc1sccc1Cl. The molecule has 0 atom stereocenters. The van der Waals surface area contributed by atoms with E-state index in [1.54, 1.807) is 11.3 Å². The highest BCUT2D eigenvalue weighted by Gasteiger charge is 2.07. The van der Waals surface area contributed by atoms with E-state index in [9.17, 15) is 0 Å². The Bertz CT molecular complexity index is 306. The molecule has 1 N–H and O–H groups in total. The van der Waals surface area contributed by atoms with E-state index in [2.05, 4.69) is 26.1 Å². The summed E-state index contributed by atoms with van der Waals surface area (Å²) in [6.45, 7) is 8.84. The minimum Gasteiger partial charge on any atom is -0.380 e. The fourth-order valence-electron chi connectivity index (χ4n) is 1.27. The van der Waals surface area contributed by atoms with Crippen LogP contribution in [0.15, 0.2) is 11.4 Å². The fourth-order valence-corrected chi connectivity index (χ4v) is 2.38. The quantitative estimate of drug-likeness (QED) is 0.793. The summed E-state index contributed by atoms with van der Waals surface area (Å²) in [6, 6.07) is 1.93. The second kappa shape index (κ2) is 6.60. The standard InChI is InChI=1S/C12H20ClNOS/c1-12(2,3)14-6-8-15-7-4-11-10(13)5-9-16-11/h5,9,14H,4,6-8H2,1-3H3. The summed E-state index contributed by atoms with van der Waals surface area (Å²) in [7, 11) is 0. The molecule has 0 amide bonds. The highest BCUT2D eigenvalue weighted by atomic mass is 35.5. The molecule has 1 aromatic heterocycles. The maximum absolute atomic E-state index is 5.98. The van der Waals surface area contributed by atoms with Crippen molar-refractivity contribution in [3.05, 3.63) is 21.3 Å². The highest BCUT2D eigenvalue weighted by Crippen LogP contribution is 2.22. The van der Waals surface area contributed by atoms with Gasteiger partial charge in [0.15, 0.2) is 0 Å². The van der Waals surface area contributed by atoms with Crippen molar-refractivity contribution in [1.29, 1.82) is 0 Å². The number of hydrogen-bond donors (Lipinski definition) is 1. The number of rotatable bonds is 6. The van der Waals surface area contributed by atoms with Crippen LogP contribution < -0.4 is 5.32 Å². The molecule has 0 fully saturated rings. The van der Waals surface area contributed by atoms with E-state index in [0.717, 1.165) is 31.2 Å². The molecule has 4 heteroatoms. The Labute approximate surface area is 107 Å². The summed E-state index contributed by atoms with van der Waals surface area (Å²) < 4.78 is 5.54. The summed E-state index contributed by atoms with van der Waals surface area (Å²) in [4.78, 5) is 1.21. The van der Waals surface area contributed by atoms with Crippen molar-refractivity contribution in [2.24, 2.45) is 0 Å². The van der Waals surface area contributed by atoms with Crippen molar-refractivity contribution < 1.29 is 4.74 Å². The maximum atomic E-state index is 5.98. The van der Waals surface area contributed by atoms with Gasteiger partial charge in [-0.05, 0) is 32.2 Å². The summed E-state index contributed by atoms with van der Waals surface area (Å²) in [5.41, 5.74) is 0.167. The molecule has 1 aromatic rings. The van der Waals surface area contributed by atoms with Gasteiger partial charge >= 0.3 is 0 Å². The van der Waals surface area contributed by atoms with Gasteiger partial charge < -0.3 is 10.1 Å². The fraction of sp³-hybridized carbons (Fsp3) is 0.667. The van der Waals surface area contributed by atoms with Crippen LogP contribution >= 0.6 is 22.9 Å². The van der Waals surface area contributed by atoms with Gasteiger partial charge in [-0.3, -0.25) is 0 Å². The zero-order valence-electron chi connectivity index (χ0n) is 10.2. The lowest BCUT2D eigenvalue weighted by atomic mass is 10.1. The van der Waals surface area contributed by atoms with Crippen molar-refractivity contribution in [3.63, 3.8) is 0 Å². The lowest BCUT2D eigenvalue weighted by Gasteiger charge is -2.20. The van der Waals surface area contributed by atoms with E-state index < -0.39 is 0 Å². The summed E-state index contributed by atoms with van der Waals surface area (Å²) >= 11 is 7.67. The molecule has 2 nitrogen and oxygen atoms in total. The number of hydrogen-bond acceptors (Lipinski definition) is 3. The van der Waals surface area contributed by atoms with Gasteiger partial charge in [0.05, 0.1) is 18.2 Å². The third-order valence-electron chi connectivity index (χ3n) is 2.07. The van der Waals surface area contributed by atoms with E-state index in [0.29, 0.717) is 0 Å². The Morgan fingerprint density at radius 1 is 1.38 bits per heavy atom. The lowest BCUT2D eigenvalue weighted by Crippen LogP contribution is -2.38. The van der Waals surface area contributed by atoms with Gasteiger partial charge in [-0.25, -0.2) is 0 Å². The molecule has 92 valence electrons. The molecule has 1 heterocycles. The van der Waals surface area contributed by atoms with Gasteiger partial charge in [-0.15, -0.1) is 11.3 Å². The van der Waals surface area contributed by atoms with Gasteiger partial charge in [0.1, 0.15) is 0 Å². The predicted octanol–water partition coefficient (Wildman–Crippen LogP) is 3.35. The first kappa shape index (κ1) is 14.0. The van der Waals surface area contributed by atoms with Crippen LogP contribution in [0.2, 0.25) is 5.02 Å². The van der Waals surface area contributed by atoms with E-state index >= 15 is 0 Å². The number of halogens is 1. The highest BCUT2D eigenvalue weighted by molar-refractivity contribution is 7.10. The average molecular weight is 262 g/mol. The van der Waals surface area contributed by atoms with Gasteiger partial charge in [0, 0.05) is 23.4 Å². The topological polar surface area (TPSA) is 21.3 Å². The molecule has 0 spiro atoms. The van der Waals surface area contributed by atoms with Crippen LogP contribution in [-0.4, -0.2) is 25.3 Å². The van der Waals surface area contributed by atoms with E-state index in [1.165, 1.54) is 4.88 Å². The summed E-state index contributed by atoms with van der Waals surface area (Å²) in [5.74, 6) is 0. The van der Waals surface area contributed by atoms with E-state index in [4.69, 9.17) is 16.3 Å². The summed E-state index contributed by atoms with van der Waals surface area (Å²) in [5, 5.41) is 6.25. The smallest absolute Gasteiger partial charge is 0.0591 e.